The number of hydrogen-bond donors (Lipinski definition) is 0. The Morgan fingerprint density at radius 3 is 1.79 bits per heavy atom. The molecule has 0 bridgehead atoms. The summed E-state index contributed by atoms with van der Waals surface area (Å²) in [5.41, 5.74) is 14.4. The lowest BCUT2D eigenvalue weighted by Crippen LogP contribution is -2.02. The molecule has 0 saturated carbocycles. The standard InChI is InChI=1S/C62H38N4S/c1-3-16-41(17-4-1)58-38-54-61(67-58)59(42-31-29-40(30-32-42)48-25-13-20-39-15-9-10-23-47(39)48)64-62(63-54)66-56-34-33-45(36-52(56)53-35-43-18-7-8-19-44(43)37-57(53)66)49-26-14-27-51-50-24-11-12-28-55(50)65(60(49)51)46-21-5-2-6-22-46/h1-38H. The van der Waals surface area contributed by atoms with Gasteiger partial charge in [0.2, 0.25) is 5.95 Å². The van der Waals surface area contributed by atoms with Gasteiger partial charge in [-0.15, -0.1) is 11.3 Å². The number of benzene rings is 10. The topological polar surface area (TPSA) is 35.6 Å². The molecule has 312 valence electrons. The largest absolute Gasteiger partial charge is 0.309 e. The van der Waals surface area contributed by atoms with Gasteiger partial charge in [-0.3, -0.25) is 4.57 Å². The van der Waals surface area contributed by atoms with E-state index in [0.717, 1.165) is 59.4 Å². The molecule has 4 heterocycles. The van der Waals surface area contributed by atoms with Crippen LogP contribution in [0.15, 0.2) is 231 Å². The van der Waals surface area contributed by atoms with Crippen LogP contribution < -0.4 is 0 Å². The van der Waals surface area contributed by atoms with Crippen LogP contribution in [-0.2, 0) is 0 Å². The molecular weight excluding hydrogens is 833 g/mol. The number of rotatable bonds is 6. The summed E-state index contributed by atoms with van der Waals surface area (Å²) >= 11 is 1.75. The van der Waals surface area contributed by atoms with Crippen LogP contribution in [0.25, 0.3) is 131 Å². The van der Waals surface area contributed by atoms with Crippen molar-refractivity contribution in [2.45, 2.75) is 0 Å². The number of aromatic nitrogens is 4. The van der Waals surface area contributed by atoms with Gasteiger partial charge in [0, 0.05) is 43.2 Å². The van der Waals surface area contributed by atoms with E-state index in [1.165, 1.54) is 65.6 Å². The van der Waals surface area contributed by atoms with Crippen LogP contribution in [0, 0.1) is 0 Å². The maximum Gasteiger partial charge on any atom is 0.235 e. The van der Waals surface area contributed by atoms with Crippen molar-refractivity contribution in [3.05, 3.63) is 231 Å². The molecule has 4 nitrogen and oxygen atoms in total. The van der Waals surface area contributed by atoms with Gasteiger partial charge in [0.15, 0.2) is 0 Å². The number of hydrogen-bond acceptors (Lipinski definition) is 3. The van der Waals surface area contributed by atoms with Gasteiger partial charge in [-0.25, -0.2) is 9.97 Å². The second-order valence-corrected chi connectivity index (χ2v) is 18.4. The minimum atomic E-state index is 0.646. The van der Waals surface area contributed by atoms with E-state index in [1.807, 2.05) is 0 Å². The number of para-hydroxylation sites is 3. The van der Waals surface area contributed by atoms with Crippen molar-refractivity contribution in [2.75, 3.05) is 0 Å². The van der Waals surface area contributed by atoms with E-state index in [0.29, 0.717) is 5.95 Å². The lowest BCUT2D eigenvalue weighted by molar-refractivity contribution is 1.02. The van der Waals surface area contributed by atoms with Crippen LogP contribution in [0.3, 0.4) is 0 Å². The van der Waals surface area contributed by atoms with Crippen LogP contribution in [0.4, 0.5) is 0 Å². The second kappa shape index (κ2) is 15.0. The molecule has 0 fully saturated rings. The van der Waals surface area contributed by atoms with Gasteiger partial charge in [0.1, 0.15) is 0 Å². The molecule has 5 heteroatoms. The van der Waals surface area contributed by atoms with Gasteiger partial charge in [-0.1, -0.05) is 182 Å². The highest BCUT2D eigenvalue weighted by molar-refractivity contribution is 7.22. The van der Waals surface area contributed by atoms with Crippen LogP contribution >= 0.6 is 11.3 Å². The molecule has 0 aliphatic rings. The zero-order valence-electron chi connectivity index (χ0n) is 36.1. The maximum atomic E-state index is 5.60. The Morgan fingerprint density at radius 1 is 0.343 bits per heavy atom. The van der Waals surface area contributed by atoms with Crippen molar-refractivity contribution in [3.63, 3.8) is 0 Å². The molecule has 0 spiro atoms. The Labute approximate surface area is 389 Å². The van der Waals surface area contributed by atoms with Crippen molar-refractivity contribution < 1.29 is 0 Å². The van der Waals surface area contributed by atoms with Crippen LogP contribution in [0.1, 0.15) is 0 Å². The van der Waals surface area contributed by atoms with Crippen LogP contribution in [-0.4, -0.2) is 19.1 Å². The van der Waals surface area contributed by atoms with E-state index in [1.54, 1.807) is 11.3 Å². The smallest absolute Gasteiger partial charge is 0.235 e. The summed E-state index contributed by atoms with van der Waals surface area (Å²) in [5.74, 6) is 0.646. The highest BCUT2D eigenvalue weighted by Crippen LogP contribution is 2.44. The first-order valence-electron chi connectivity index (χ1n) is 22.7. The van der Waals surface area contributed by atoms with Gasteiger partial charge in [0.05, 0.1) is 38.0 Å². The highest BCUT2D eigenvalue weighted by Gasteiger charge is 2.22. The van der Waals surface area contributed by atoms with E-state index in [4.69, 9.17) is 9.97 Å². The van der Waals surface area contributed by atoms with Gasteiger partial charge in [-0.05, 0) is 92.3 Å². The lowest BCUT2D eigenvalue weighted by Gasteiger charge is -2.12. The normalized spacial score (nSPS) is 11.9. The molecule has 0 radical (unpaired) electrons. The quantitative estimate of drug-likeness (QED) is 0.167. The number of thiophene rings is 1. The summed E-state index contributed by atoms with van der Waals surface area (Å²) < 4.78 is 5.77. The predicted octanol–water partition coefficient (Wildman–Crippen LogP) is 16.9. The average molecular weight is 871 g/mol. The zero-order valence-corrected chi connectivity index (χ0v) is 37.0. The fraction of sp³-hybridized carbons (Fsp3) is 0. The summed E-state index contributed by atoms with van der Waals surface area (Å²) in [4.78, 5) is 12.2. The van der Waals surface area contributed by atoms with Crippen LogP contribution in [0.2, 0.25) is 0 Å². The Hall–Kier alpha value is -8.64. The van der Waals surface area contributed by atoms with E-state index >= 15 is 0 Å². The monoisotopic (exact) mass is 870 g/mol. The summed E-state index contributed by atoms with van der Waals surface area (Å²) in [7, 11) is 0. The van der Waals surface area contributed by atoms with Crippen molar-refractivity contribution in [1.82, 2.24) is 19.1 Å². The van der Waals surface area contributed by atoms with Gasteiger partial charge >= 0.3 is 0 Å². The molecule has 14 aromatic rings. The van der Waals surface area contributed by atoms with Gasteiger partial charge < -0.3 is 4.57 Å². The van der Waals surface area contributed by atoms with Crippen molar-refractivity contribution in [1.29, 1.82) is 0 Å². The van der Waals surface area contributed by atoms with Crippen LogP contribution in [0.5, 0.6) is 0 Å². The first-order valence-corrected chi connectivity index (χ1v) is 23.5. The predicted molar refractivity (Wildman–Crippen MR) is 283 cm³/mol. The molecule has 0 atom stereocenters. The highest BCUT2D eigenvalue weighted by atomic mass is 32.1. The van der Waals surface area contributed by atoms with Gasteiger partial charge in [-0.2, -0.15) is 0 Å². The molecule has 0 aliphatic heterocycles. The molecular formula is C62H38N4S. The molecule has 10 aromatic carbocycles. The molecule has 67 heavy (non-hydrogen) atoms. The first kappa shape index (κ1) is 37.7. The number of nitrogens with zero attached hydrogens (tertiary/aromatic N) is 4. The summed E-state index contributed by atoms with van der Waals surface area (Å²) in [5, 5.41) is 9.62. The minimum Gasteiger partial charge on any atom is -0.309 e. The fourth-order valence-electron chi connectivity index (χ4n) is 10.4. The molecule has 0 amide bonds. The Morgan fingerprint density at radius 2 is 0.955 bits per heavy atom. The average Bonchev–Trinajstić information content (AvgIpc) is 4.08. The molecule has 0 N–H and O–H groups in total. The molecule has 4 aromatic heterocycles. The Bertz CT molecular complexity index is 4250. The van der Waals surface area contributed by atoms with E-state index < -0.39 is 0 Å². The third-order valence-electron chi connectivity index (χ3n) is 13.5. The summed E-state index contributed by atoms with van der Waals surface area (Å²) in [6.07, 6.45) is 0. The molecule has 14 rings (SSSR count). The number of fused-ring (bicyclic) bond motifs is 9. The van der Waals surface area contributed by atoms with E-state index in [-0.39, 0.29) is 0 Å². The summed E-state index contributed by atoms with van der Waals surface area (Å²) in [6, 6.07) is 83.4. The van der Waals surface area contributed by atoms with Gasteiger partial charge in [0.25, 0.3) is 0 Å². The minimum absolute atomic E-state index is 0.646. The second-order valence-electron chi connectivity index (χ2n) is 17.3. The first-order chi connectivity index (χ1) is 33.2. The maximum absolute atomic E-state index is 5.60. The third kappa shape index (κ3) is 5.99. The summed E-state index contributed by atoms with van der Waals surface area (Å²) in [6.45, 7) is 0. The third-order valence-corrected chi connectivity index (χ3v) is 14.7. The van der Waals surface area contributed by atoms with Crippen molar-refractivity contribution in [3.8, 4) is 55.6 Å². The van der Waals surface area contributed by atoms with E-state index in [2.05, 4.69) is 240 Å². The Kier molecular flexibility index (Phi) is 8.42. The zero-order chi connectivity index (χ0) is 44.0. The van der Waals surface area contributed by atoms with E-state index in [9.17, 15) is 0 Å². The molecule has 0 unspecified atom stereocenters. The lowest BCUT2D eigenvalue weighted by atomic mass is 9.97. The SMILES string of the molecule is c1ccc(-c2cc3nc(-n4c5ccc(-c6cccc7c8ccccc8n(-c8ccccc8)c67)cc5c5cc6ccccc6cc54)nc(-c4ccc(-c5cccc6ccccc56)cc4)c3s2)cc1. The van der Waals surface area contributed by atoms with Crippen molar-refractivity contribution >= 4 is 86.7 Å². The molecule has 0 aliphatic carbocycles. The fourth-order valence-corrected chi connectivity index (χ4v) is 11.5. The van der Waals surface area contributed by atoms with Crippen molar-refractivity contribution in [2.24, 2.45) is 0 Å². The Balaban J connectivity index is 1.01. The molecule has 0 saturated heterocycles.